The molecular weight excluding hydrogens is 204 g/mol. The Hall–Kier alpha value is -0.170. The zero-order chi connectivity index (χ0) is 10.8. The van der Waals surface area contributed by atoms with Crippen molar-refractivity contribution in [1.82, 2.24) is 9.03 Å². The van der Waals surface area contributed by atoms with Gasteiger partial charge < -0.3 is 5.11 Å². The largest absolute Gasteiger partial charge is 0.395 e. The molecule has 6 heteroatoms. The van der Waals surface area contributed by atoms with Gasteiger partial charge >= 0.3 is 0 Å². The van der Waals surface area contributed by atoms with Crippen molar-refractivity contribution in [3.8, 4) is 0 Å². The minimum Gasteiger partial charge on any atom is -0.395 e. The lowest BCUT2D eigenvalue weighted by Crippen LogP contribution is -2.46. The van der Waals surface area contributed by atoms with Gasteiger partial charge in [-0.25, -0.2) is 0 Å². The van der Waals surface area contributed by atoms with Crippen LogP contribution >= 0.6 is 0 Å². The third kappa shape index (κ3) is 2.66. The minimum absolute atomic E-state index is 0.0982. The average molecular weight is 222 g/mol. The van der Waals surface area contributed by atoms with Crippen LogP contribution < -0.4 is 4.72 Å². The van der Waals surface area contributed by atoms with Gasteiger partial charge in [-0.3, -0.25) is 0 Å². The molecule has 1 fully saturated rings. The van der Waals surface area contributed by atoms with Crippen molar-refractivity contribution < 1.29 is 13.5 Å². The number of nitrogens with one attached hydrogen (secondary N) is 1. The molecule has 0 aromatic rings. The van der Waals surface area contributed by atoms with E-state index in [4.69, 9.17) is 5.11 Å². The van der Waals surface area contributed by atoms with E-state index in [1.807, 2.05) is 0 Å². The molecule has 1 heterocycles. The quantitative estimate of drug-likeness (QED) is 0.685. The van der Waals surface area contributed by atoms with E-state index in [1.165, 1.54) is 4.31 Å². The highest BCUT2D eigenvalue weighted by Crippen LogP contribution is 2.19. The van der Waals surface area contributed by atoms with E-state index >= 15 is 0 Å². The van der Waals surface area contributed by atoms with Gasteiger partial charge in [0.1, 0.15) is 0 Å². The molecule has 5 nitrogen and oxygen atoms in total. The zero-order valence-electron chi connectivity index (χ0n) is 8.60. The molecule has 1 atom stereocenters. The molecule has 0 aromatic heterocycles. The third-order valence-corrected chi connectivity index (χ3v) is 4.09. The normalized spacial score (nSPS) is 24.7. The van der Waals surface area contributed by atoms with Crippen molar-refractivity contribution in [3.05, 3.63) is 0 Å². The monoisotopic (exact) mass is 222 g/mol. The summed E-state index contributed by atoms with van der Waals surface area (Å²) < 4.78 is 27.3. The van der Waals surface area contributed by atoms with E-state index < -0.39 is 10.2 Å². The number of nitrogens with zero attached hydrogens (tertiary/aromatic N) is 1. The molecule has 1 rings (SSSR count). The van der Waals surface area contributed by atoms with Crippen molar-refractivity contribution >= 4 is 10.2 Å². The maximum absolute atomic E-state index is 11.7. The Morgan fingerprint density at radius 2 is 2.21 bits per heavy atom. The highest BCUT2D eigenvalue weighted by atomic mass is 32.2. The fourth-order valence-corrected chi connectivity index (χ4v) is 3.34. The van der Waals surface area contributed by atoms with Crippen LogP contribution in [0.1, 0.15) is 26.7 Å². The number of aliphatic hydroxyl groups is 1. The topological polar surface area (TPSA) is 69.6 Å². The maximum atomic E-state index is 11.7. The van der Waals surface area contributed by atoms with E-state index in [2.05, 4.69) is 4.72 Å². The zero-order valence-corrected chi connectivity index (χ0v) is 9.42. The second-order valence-corrected chi connectivity index (χ2v) is 5.52. The van der Waals surface area contributed by atoms with Crippen molar-refractivity contribution in [2.75, 3.05) is 13.2 Å². The van der Waals surface area contributed by atoms with Gasteiger partial charge in [-0.05, 0) is 26.7 Å². The molecule has 1 aliphatic rings. The number of hydrogen-bond acceptors (Lipinski definition) is 3. The van der Waals surface area contributed by atoms with E-state index in [0.29, 0.717) is 6.54 Å². The van der Waals surface area contributed by atoms with Crippen LogP contribution in [0.2, 0.25) is 0 Å². The molecule has 0 unspecified atom stereocenters. The molecule has 2 N–H and O–H groups in total. The lowest BCUT2D eigenvalue weighted by atomic mass is 10.2. The van der Waals surface area contributed by atoms with Crippen LogP contribution in [0.4, 0.5) is 0 Å². The Bertz CT molecular complexity index is 276. The summed E-state index contributed by atoms with van der Waals surface area (Å²) >= 11 is 0. The van der Waals surface area contributed by atoms with E-state index in [1.54, 1.807) is 13.8 Å². The first-order chi connectivity index (χ1) is 6.47. The fourth-order valence-electron chi connectivity index (χ4n) is 1.67. The predicted molar refractivity (Wildman–Crippen MR) is 54.0 cm³/mol. The highest BCUT2D eigenvalue weighted by molar-refractivity contribution is 7.87. The molecule has 0 amide bonds. The van der Waals surface area contributed by atoms with Gasteiger partial charge in [-0.1, -0.05) is 0 Å². The van der Waals surface area contributed by atoms with Gasteiger partial charge in [0.25, 0.3) is 10.2 Å². The Balaban J connectivity index is 2.71. The first-order valence-corrected chi connectivity index (χ1v) is 6.31. The Kier molecular flexibility index (Phi) is 3.88. The van der Waals surface area contributed by atoms with Gasteiger partial charge in [0, 0.05) is 18.6 Å². The van der Waals surface area contributed by atoms with Crippen LogP contribution in [-0.2, 0) is 10.2 Å². The second-order valence-electron chi connectivity index (χ2n) is 3.87. The predicted octanol–water partition coefficient (Wildman–Crippen LogP) is -0.314. The van der Waals surface area contributed by atoms with Crippen molar-refractivity contribution in [2.45, 2.75) is 38.8 Å². The summed E-state index contributed by atoms with van der Waals surface area (Å²) in [6.07, 6.45) is 1.57. The molecular formula is C8H18N2O3S. The van der Waals surface area contributed by atoms with Crippen molar-refractivity contribution in [3.63, 3.8) is 0 Å². The van der Waals surface area contributed by atoms with E-state index in [-0.39, 0.29) is 18.7 Å². The maximum Gasteiger partial charge on any atom is 0.280 e. The number of hydrogen-bond donors (Lipinski definition) is 2. The fraction of sp³-hybridized carbons (Fsp3) is 1.00. The van der Waals surface area contributed by atoms with Crippen LogP contribution in [0.25, 0.3) is 0 Å². The Morgan fingerprint density at radius 1 is 1.57 bits per heavy atom. The lowest BCUT2D eigenvalue weighted by molar-refractivity contribution is 0.212. The summed E-state index contributed by atoms with van der Waals surface area (Å²) in [7, 11) is -3.40. The number of rotatable bonds is 4. The van der Waals surface area contributed by atoms with Gasteiger partial charge in [-0.2, -0.15) is 17.4 Å². The van der Waals surface area contributed by atoms with Gasteiger partial charge in [0.05, 0.1) is 6.61 Å². The molecule has 14 heavy (non-hydrogen) atoms. The lowest BCUT2D eigenvalue weighted by Gasteiger charge is -2.23. The smallest absolute Gasteiger partial charge is 0.280 e. The highest BCUT2D eigenvalue weighted by Gasteiger charge is 2.33. The summed E-state index contributed by atoms with van der Waals surface area (Å²) in [6, 6.07) is -0.355. The summed E-state index contributed by atoms with van der Waals surface area (Å²) in [6.45, 7) is 3.97. The molecule has 84 valence electrons. The van der Waals surface area contributed by atoms with Crippen molar-refractivity contribution in [2.24, 2.45) is 0 Å². The molecule has 0 radical (unpaired) electrons. The first-order valence-electron chi connectivity index (χ1n) is 4.87. The molecule has 0 aromatic carbocycles. The molecule has 0 spiro atoms. The molecule has 1 saturated heterocycles. The van der Waals surface area contributed by atoms with Crippen LogP contribution in [-0.4, -0.2) is 43.1 Å². The van der Waals surface area contributed by atoms with Crippen LogP contribution in [0.3, 0.4) is 0 Å². The minimum atomic E-state index is -3.40. The van der Waals surface area contributed by atoms with Crippen LogP contribution in [0, 0.1) is 0 Å². The Morgan fingerprint density at radius 3 is 2.71 bits per heavy atom. The Labute approximate surface area is 85.3 Å². The summed E-state index contributed by atoms with van der Waals surface area (Å²) in [5.74, 6) is 0. The van der Waals surface area contributed by atoms with Gasteiger partial charge in [0.2, 0.25) is 0 Å². The summed E-state index contributed by atoms with van der Waals surface area (Å²) in [5, 5.41) is 9.00. The van der Waals surface area contributed by atoms with Gasteiger partial charge in [0.15, 0.2) is 0 Å². The van der Waals surface area contributed by atoms with Crippen molar-refractivity contribution in [1.29, 1.82) is 0 Å². The molecule has 0 aliphatic carbocycles. The molecule has 0 bridgehead atoms. The van der Waals surface area contributed by atoms with E-state index in [0.717, 1.165) is 12.8 Å². The van der Waals surface area contributed by atoms with E-state index in [9.17, 15) is 8.42 Å². The SMILES string of the molecule is CC(C)NS(=O)(=O)N1CCC[C@H]1CO. The van der Waals surface area contributed by atoms with Crippen LogP contribution in [0.15, 0.2) is 0 Å². The summed E-state index contributed by atoms with van der Waals surface area (Å²) in [4.78, 5) is 0. The first kappa shape index (κ1) is 11.9. The second kappa shape index (κ2) is 4.57. The standard InChI is InChI=1S/C8H18N2O3S/c1-7(2)9-14(12,13)10-5-3-4-8(10)6-11/h7-9,11H,3-6H2,1-2H3/t8-/m0/s1. The summed E-state index contributed by atoms with van der Waals surface area (Å²) in [5.41, 5.74) is 0. The molecule has 0 saturated carbocycles. The number of aliphatic hydroxyl groups excluding tert-OH is 1. The average Bonchev–Trinajstić information content (AvgIpc) is 2.48. The van der Waals surface area contributed by atoms with Crippen LogP contribution in [0.5, 0.6) is 0 Å². The third-order valence-electron chi connectivity index (χ3n) is 2.23. The molecule has 1 aliphatic heterocycles. The van der Waals surface area contributed by atoms with Gasteiger partial charge in [-0.15, -0.1) is 0 Å².